The Morgan fingerprint density at radius 3 is 2.51 bits per heavy atom. The summed E-state index contributed by atoms with van der Waals surface area (Å²) in [6.07, 6.45) is -0.923. The summed E-state index contributed by atoms with van der Waals surface area (Å²) in [5.74, 6) is 1.15. The van der Waals surface area contributed by atoms with E-state index in [4.69, 9.17) is 14.2 Å². The molecule has 1 saturated heterocycles. The first kappa shape index (κ1) is 30.2. The van der Waals surface area contributed by atoms with Gasteiger partial charge in [0, 0.05) is 30.1 Å². The lowest BCUT2D eigenvalue weighted by Crippen LogP contribution is -2.41. The van der Waals surface area contributed by atoms with E-state index >= 15 is 0 Å². The number of hydrogen-bond acceptors (Lipinski definition) is 6. The Balaban J connectivity index is 1.10. The lowest BCUT2D eigenvalue weighted by atomic mass is 9.91. The van der Waals surface area contributed by atoms with Crippen LogP contribution in [0.1, 0.15) is 48.4 Å². The molecular formula is C34H32F3N3O5. The minimum Gasteiger partial charge on any atom is -0.493 e. The molecule has 0 spiro atoms. The van der Waals surface area contributed by atoms with Crippen LogP contribution in [-0.2, 0) is 22.9 Å². The minimum absolute atomic E-state index is 0.156. The number of pyridine rings is 1. The van der Waals surface area contributed by atoms with Crippen LogP contribution in [0.25, 0.3) is 10.9 Å². The van der Waals surface area contributed by atoms with E-state index in [1.54, 1.807) is 31.2 Å². The number of para-hydroxylation sites is 1. The molecule has 1 atom stereocenters. The van der Waals surface area contributed by atoms with Crippen molar-refractivity contribution in [2.75, 3.05) is 26.4 Å². The second-order valence-corrected chi connectivity index (χ2v) is 11.3. The summed E-state index contributed by atoms with van der Waals surface area (Å²) >= 11 is 0. The van der Waals surface area contributed by atoms with Crippen LogP contribution < -0.4 is 19.5 Å². The zero-order chi connectivity index (χ0) is 31.6. The molecule has 0 saturated carbocycles. The highest BCUT2D eigenvalue weighted by Gasteiger charge is 2.49. The van der Waals surface area contributed by atoms with Crippen LogP contribution in [0.3, 0.4) is 0 Å². The van der Waals surface area contributed by atoms with Crippen molar-refractivity contribution in [3.63, 3.8) is 0 Å². The van der Waals surface area contributed by atoms with Crippen molar-refractivity contribution in [1.29, 1.82) is 0 Å². The van der Waals surface area contributed by atoms with Gasteiger partial charge < -0.3 is 19.5 Å². The Kier molecular flexibility index (Phi) is 8.26. The second-order valence-electron chi connectivity index (χ2n) is 11.3. The summed E-state index contributed by atoms with van der Waals surface area (Å²) in [7, 11) is 0. The van der Waals surface area contributed by atoms with E-state index in [-0.39, 0.29) is 24.6 Å². The number of carbonyl (C=O) groups excluding carboxylic acids is 2. The number of hydrogen-bond donors (Lipinski definition) is 1. The predicted octanol–water partition coefficient (Wildman–Crippen LogP) is 6.63. The molecule has 8 nitrogen and oxygen atoms in total. The van der Waals surface area contributed by atoms with Crippen molar-refractivity contribution < 1.29 is 37.0 Å². The number of alkyl halides is 3. The zero-order valence-electron chi connectivity index (χ0n) is 24.7. The fourth-order valence-electron chi connectivity index (χ4n) is 5.75. The zero-order valence-corrected chi connectivity index (χ0v) is 24.7. The topological polar surface area (TPSA) is 90.0 Å². The fourth-order valence-corrected chi connectivity index (χ4v) is 5.75. The van der Waals surface area contributed by atoms with Crippen LogP contribution in [0.2, 0.25) is 0 Å². The number of benzene rings is 3. The Hall–Kier alpha value is -4.80. The van der Waals surface area contributed by atoms with Gasteiger partial charge in [-0.2, -0.15) is 13.2 Å². The molecule has 6 rings (SSSR count). The van der Waals surface area contributed by atoms with Crippen molar-refractivity contribution >= 4 is 22.8 Å². The van der Waals surface area contributed by atoms with Gasteiger partial charge in [-0.1, -0.05) is 42.5 Å². The van der Waals surface area contributed by atoms with Gasteiger partial charge in [0.2, 0.25) is 0 Å². The van der Waals surface area contributed by atoms with Crippen molar-refractivity contribution in [2.24, 2.45) is 0 Å². The minimum atomic E-state index is -4.55. The first-order valence-electron chi connectivity index (χ1n) is 14.8. The molecular weight excluding hydrogens is 587 g/mol. The molecule has 2 aliphatic rings. The first-order valence-corrected chi connectivity index (χ1v) is 14.8. The lowest BCUT2D eigenvalue weighted by Gasteiger charge is -2.25. The van der Waals surface area contributed by atoms with E-state index in [1.165, 1.54) is 17.2 Å². The number of nitrogens with one attached hydrogen (secondary N) is 1. The quantitative estimate of drug-likeness (QED) is 0.158. The van der Waals surface area contributed by atoms with Crippen LogP contribution in [0, 0.1) is 0 Å². The normalized spacial score (nSPS) is 17.9. The number of urea groups is 1. The highest BCUT2D eigenvalue weighted by atomic mass is 19.4. The van der Waals surface area contributed by atoms with Crippen molar-refractivity contribution in [2.45, 2.75) is 44.3 Å². The number of rotatable bonds is 10. The molecule has 0 bridgehead atoms. The van der Waals surface area contributed by atoms with Crippen molar-refractivity contribution in [3.05, 3.63) is 95.2 Å². The third-order valence-electron chi connectivity index (χ3n) is 8.13. The average molecular weight is 620 g/mol. The number of nitrogens with zero attached hydrogens (tertiary/aromatic N) is 2. The molecule has 1 fully saturated rings. The Morgan fingerprint density at radius 1 is 0.956 bits per heavy atom. The summed E-state index contributed by atoms with van der Waals surface area (Å²) in [6.45, 7) is 2.99. The van der Waals surface area contributed by atoms with Crippen LogP contribution in [0.15, 0.2) is 72.9 Å². The van der Waals surface area contributed by atoms with Gasteiger partial charge in [-0.25, -0.2) is 4.79 Å². The summed E-state index contributed by atoms with van der Waals surface area (Å²) in [6, 6.07) is 18.3. The molecule has 2 aliphatic heterocycles. The molecule has 1 aromatic heterocycles. The third kappa shape index (κ3) is 6.11. The number of imide groups is 1. The third-order valence-corrected chi connectivity index (χ3v) is 8.13. The molecule has 4 aromatic rings. The van der Waals surface area contributed by atoms with E-state index in [0.29, 0.717) is 72.7 Å². The molecule has 0 radical (unpaired) electrons. The lowest BCUT2D eigenvalue weighted by molar-refractivity contribution is -0.136. The van der Waals surface area contributed by atoms with Gasteiger partial charge in [0.05, 0.1) is 17.7 Å². The van der Waals surface area contributed by atoms with Gasteiger partial charge in [-0.3, -0.25) is 14.7 Å². The Bertz CT molecular complexity index is 1730. The van der Waals surface area contributed by atoms with Gasteiger partial charge in [0.1, 0.15) is 24.5 Å². The van der Waals surface area contributed by atoms with Crippen LogP contribution in [0.5, 0.6) is 17.2 Å². The molecule has 3 aromatic carbocycles. The fraction of sp³-hybridized carbons (Fsp3) is 0.324. The number of ether oxygens (including phenoxy) is 3. The summed E-state index contributed by atoms with van der Waals surface area (Å²) < 4.78 is 58.6. The van der Waals surface area contributed by atoms with Crippen molar-refractivity contribution in [1.82, 2.24) is 15.2 Å². The molecule has 3 amide bonds. The maximum atomic E-state index is 13.7. The number of carbonyl (C=O) groups is 2. The van der Waals surface area contributed by atoms with Gasteiger partial charge in [0.25, 0.3) is 5.91 Å². The standard InChI is InChI=1S/C34H32F3N3O5/c1-33(24-13-14-27-28(20-24)44-18-17-43-27)31(41)40(32(42)39-33)15-6-3-7-16-45-30-23(19-22-9-4-2-5-10-22)21-38-29-25(30)11-8-12-26(29)34(35,36)37/h2,4-5,8-14,20-21H,3,6-7,15-19H2,1H3,(H,39,42). The monoisotopic (exact) mass is 619 g/mol. The van der Waals surface area contributed by atoms with Crippen LogP contribution in [0.4, 0.5) is 18.0 Å². The van der Waals surface area contributed by atoms with Gasteiger partial charge in [0.15, 0.2) is 11.5 Å². The molecule has 45 heavy (non-hydrogen) atoms. The number of amides is 3. The van der Waals surface area contributed by atoms with Crippen LogP contribution in [-0.4, -0.2) is 48.2 Å². The smallest absolute Gasteiger partial charge is 0.418 e. The van der Waals surface area contributed by atoms with E-state index in [2.05, 4.69) is 10.3 Å². The molecule has 11 heteroatoms. The molecule has 3 heterocycles. The van der Waals surface area contributed by atoms with Crippen molar-refractivity contribution in [3.8, 4) is 17.2 Å². The van der Waals surface area contributed by atoms with Gasteiger partial charge in [-0.15, -0.1) is 0 Å². The number of unbranched alkanes of at least 4 members (excludes halogenated alkanes) is 2. The van der Waals surface area contributed by atoms with Gasteiger partial charge >= 0.3 is 12.2 Å². The Labute approximate surface area is 258 Å². The number of aromatic nitrogens is 1. The van der Waals surface area contributed by atoms with E-state index in [1.807, 2.05) is 30.3 Å². The second kappa shape index (κ2) is 12.3. The maximum absolute atomic E-state index is 13.7. The van der Waals surface area contributed by atoms with E-state index in [0.717, 1.165) is 11.6 Å². The summed E-state index contributed by atoms with van der Waals surface area (Å²) in [4.78, 5) is 31.6. The largest absolute Gasteiger partial charge is 0.493 e. The predicted molar refractivity (Wildman–Crippen MR) is 160 cm³/mol. The molecule has 0 aliphatic carbocycles. The highest BCUT2D eigenvalue weighted by Crippen LogP contribution is 2.39. The van der Waals surface area contributed by atoms with Gasteiger partial charge in [-0.05, 0) is 61.6 Å². The highest BCUT2D eigenvalue weighted by molar-refractivity contribution is 6.07. The average Bonchev–Trinajstić information content (AvgIpc) is 3.26. The van der Waals surface area contributed by atoms with E-state index in [9.17, 15) is 22.8 Å². The number of fused-ring (bicyclic) bond motifs is 2. The summed E-state index contributed by atoms with van der Waals surface area (Å²) in [5.41, 5.74) is 0.0658. The molecule has 1 unspecified atom stereocenters. The molecule has 234 valence electrons. The SMILES string of the molecule is CC1(c2ccc3c(c2)OCCO3)NC(=O)N(CCCCCOc2c(Cc3ccccc3)cnc3c(C(F)(F)F)cccc23)C1=O. The van der Waals surface area contributed by atoms with Crippen LogP contribution >= 0.6 is 0 Å². The van der Waals surface area contributed by atoms with E-state index < -0.39 is 23.3 Å². The Morgan fingerprint density at radius 2 is 1.73 bits per heavy atom. The number of halogens is 3. The maximum Gasteiger partial charge on any atom is 0.418 e. The molecule has 1 N–H and O–H groups in total. The first-order chi connectivity index (χ1) is 21.6. The summed E-state index contributed by atoms with van der Waals surface area (Å²) in [5, 5.41) is 3.12.